The Morgan fingerprint density at radius 1 is 1.42 bits per heavy atom. The first kappa shape index (κ1) is 17.3. The van der Waals surface area contributed by atoms with Gasteiger partial charge in [0, 0.05) is 35.5 Å². The maximum Gasteiger partial charge on any atom is 0.209 e. The summed E-state index contributed by atoms with van der Waals surface area (Å²) in [5.74, 6) is 0. The first-order valence-corrected chi connectivity index (χ1v) is 9.28. The molecule has 1 aromatic carbocycles. The normalized spacial score (nSPS) is 11.2. The Hall–Kier alpha value is -1.55. The molecule has 0 bridgehead atoms. The third-order valence-corrected chi connectivity index (χ3v) is 4.98. The maximum absolute atomic E-state index is 5.43. The first-order valence-electron chi connectivity index (χ1n) is 7.26. The third kappa shape index (κ3) is 4.50. The summed E-state index contributed by atoms with van der Waals surface area (Å²) in [6, 6.07) is 7.96. The summed E-state index contributed by atoms with van der Waals surface area (Å²) >= 11 is 10.4. The van der Waals surface area contributed by atoms with Crippen molar-refractivity contribution >= 4 is 50.3 Å². The second kappa shape index (κ2) is 7.56. The molecule has 24 heavy (non-hydrogen) atoms. The van der Waals surface area contributed by atoms with Gasteiger partial charge in [-0.2, -0.15) is 5.10 Å². The standard InChI is InChI=1S/C15H17BrN6S2/c1-20(8-11-7-17-21(2)9-11)10-22-15(23)24-14(19-22)18-13-5-3-4-12(16)6-13/h3-7,9H,8,10H2,1-2H3,(H,18,19). The van der Waals surface area contributed by atoms with Gasteiger partial charge in [0.15, 0.2) is 3.95 Å². The highest BCUT2D eigenvalue weighted by atomic mass is 79.9. The van der Waals surface area contributed by atoms with Gasteiger partial charge in [0.25, 0.3) is 0 Å². The number of hydrogen-bond acceptors (Lipinski definition) is 6. The van der Waals surface area contributed by atoms with E-state index in [0.29, 0.717) is 6.67 Å². The van der Waals surface area contributed by atoms with Crippen LogP contribution in [0, 0.1) is 3.95 Å². The summed E-state index contributed by atoms with van der Waals surface area (Å²) in [6.45, 7) is 1.42. The molecule has 126 valence electrons. The van der Waals surface area contributed by atoms with Gasteiger partial charge in [-0.3, -0.25) is 9.58 Å². The molecule has 0 aliphatic heterocycles. The van der Waals surface area contributed by atoms with E-state index in [1.165, 1.54) is 11.3 Å². The fourth-order valence-electron chi connectivity index (χ4n) is 2.28. The van der Waals surface area contributed by atoms with Crippen molar-refractivity contribution in [3.63, 3.8) is 0 Å². The predicted molar refractivity (Wildman–Crippen MR) is 103 cm³/mol. The number of nitrogens with one attached hydrogen (secondary N) is 1. The molecule has 0 spiro atoms. The molecular weight excluding hydrogens is 408 g/mol. The van der Waals surface area contributed by atoms with Gasteiger partial charge in [-0.05, 0) is 37.5 Å². The Morgan fingerprint density at radius 3 is 2.96 bits per heavy atom. The minimum absolute atomic E-state index is 0.629. The van der Waals surface area contributed by atoms with Crippen molar-refractivity contribution in [2.75, 3.05) is 12.4 Å². The fraction of sp³-hybridized carbons (Fsp3) is 0.267. The Morgan fingerprint density at radius 2 is 2.25 bits per heavy atom. The van der Waals surface area contributed by atoms with Crippen LogP contribution >= 0.6 is 39.5 Å². The van der Waals surface area contributed by atoms with Crippen LogP contribution in [0.15, 0.2) is 41.1 Å². The Bertz CT molecular complexity index is 884. The van der Waals surface area contributed by atoms with Crippen molar-refractivity contribution in [1.82, 2.24) is 24.5 Å². The minimum Gasteiger partial charge on any atom is -0.330 e. The van der Waals surface area contributed by atoms with Crippen LogP contribution in [0.3, 0.4) is 0 Å². The second-order valence-corrected chi connectivity index (χ2v) is 8.02. The topological polar surface area (TPSA) is 50.9 Å². The van der Waals surface area contributed by atoms with Crippen LogP contribution in [-0.4, -0.2) is 31.5 Å². The van der Waals surface area contributed by atoms with E-state index in [1.807, 2.05) is 55.4 Å². The predicted octanol–water partition coefficient (Wildman–Crippen LogP) is 4.00. The minimum atomic E-state index is 0.629. The molecule has 0 aliphatic carbocycles. The zero-order chi connectivity index (χ0) is 17.1. The first-order chi connectivity index (χ1) is 11.5. The summed E-state index contributed by atoms with van der Waals surface area (Å²) in [5, 5.41) is 12.8. The van der Waals surface area contributed by atoms with Crippen molar-refractivity contribution < 1.29 is 0 Å². The molecule has 2 heterocycles. The Kier molecular flexibility index (Phi) is 5.44. The number of rotatable bonds is 6. The molecule has 0 radical (unpaired) electrons. The zero-order valence-electron chi connectivity index (χ0n) is 13.3. The quantitative estimate of drug-likeness (QED) is 0.605. The fourth-order valence-corrected chi connectivity index (χ4v) is 3.69. The highest BCUT2D eigenvalue weighted by Crippen LogP contribution is 2.23. The van der Waals surface area contributed by atoms with E-state index >= 15 is 0 Å². The molecule has 0 aliphatic rings. The number of aryl methyl sites for hydroxylation is 1. The number of hydrogen-bond donors (Lipinski definition) is 1. The van der Waals surface area contributed by atoms with Gasteiger partial charge in [-0.25, -0.2) is 4.68 Å². The molecule has 3 aromatic rings. The Balaban J connectivity index is 1.66. The van der Waals surface area contributed by atoms with Crippen molar-refractivity contribution in [3.8, 4) is 0 Å². The van der Waals surface area contributed by atoms with Crippen molar-refractivity contribution in [3.05, 3.63) is 50.6 Å². The highest BCUT2D eigenvalue weighted by molar-refractivity contribution is 9.10. The largest absolute Gasteiger partial charge is 0.330 e. The van der Waals surface area contributed by atoms with Gasteiger partial charge in [-0.1, -0.05) is 33.3 Å². The molecule has 0 amide bonds. The maximum atomic E-state index is 5.43. The van der Waals surface area contributed by atoms with Gasteiger partial charge in [0.05, 0.1) is 12.9 Å². The van der Waals surface area contributed by atoms with E-state index in [4.69, 9.17) is 12.2 Å². The monoisotopic (exact) mass is 424 g/mol. The molecule has 0 saturated heterocycles. The molecule has 1 N–H and O–H groups in total. The molecular formula is C15H17BrN6S2. The van der Waals surface area contributed by atoms with Crippen LogP contribution in [-0.2, 0) is 20.3 Å². The second-order valence-electron chi connectivity index (χ2n) is 5.49. The van der Waals surface area contributed by atoms with Crippen molar-refractivity contribution in [1.29, 1.82) is 0 Å². The average Bonchev–Trinajstić information content (AvgIpc) is 3.05. The lowest BCUT2D eigenvalue weighted by molar-refractivity contribution is 0.245. The zero-order valence-corrected chi connectivity index (χ0v) is 16.5. The molecule has 6 nitrogen and oxygen atoms in total. The SMILES string of the molecule is CN(Cc1cnn(C)c1)Cn1nc(Nc2cccc(Br)c2)sc1=S. The lowest BCUT2D eigenvalue weighted by atomic mass is 10.3. The summed E-state index contributed by atoms with van der Waals surface area (Å²) in [5.41, 5.74) is 2.14. The summed E-state index contributed by atoms with van der Waals surface area (Å²) in [6.07, 6.45) is 3.88. The van der Waals surface area contributed by atoms with E-state index < -0.39 is 0 Å². The lowest BCUT2D eigenvalue weighted by Crippen LogP contribution is -2.22. The van der Waals surface area contributed by atoms with Crippen LogP contribution in [0.1, 0.15) is 5.56 Å². The van der Waals surface area contributed by atoms with Gasteiger partial charge in [0.1, 0.15) is 0 Å². The molecule has 0 atom stereocenters. The molecule has 0 unspecified atom stereocenters. The van der Waals surface area contributed by atoms with Crippen molar-refractivity contribution in [2.24, 2.45) is 7.05 Å². The summed E-state index contributed by atoms with van der Waals surface area (Å²) < 4.78 is 5.39. The van der Waals surface area contributed by atoms with E-state index in [9.17, 15) is 0 Å². The van der Waals surface area contributed by atoms with Crippen LogP contribution in [0.2, 0.25) is 0 Å². The Labute approximate surface area is 157 Å². The molecule has 0 saturated carbocycles. The van der Waals surface area contributed by atoms with Crippen LogP contribution in [0.5, 0.6) is 0 Å². The van der Waals surface area contributed by atoms with Gasteiger partial charge in [0.2, 0.25) is 5.13 Å². The van der Waals surface area contributed by atoms with Crippen molar-refractivity contribution in [2.45, 2.75) is 13.2 Å². The highest BCUT2D eigenvalue weighted by Gasteiger charge is 2.08. The van der Waals surface area contributed by atoms with Crippen LogP contribution < -0.4 is 5.32 Å². The third-order valence-electron chi connectivity index (χ3n) is 3.27. The molecule has 0 fully saturated rings. The smallest absolute Gasteiger partial charge is 0.209 e. The van der Waals surface area contributed by atoms with Gasteiger partial charge >= 0.3 is 0 Å². The molecule has 2 aromatic heterocycles. The van der Waals surface area contributed by atoms with E-state index in [-0.39, 0.29) is 0 Å². The van der Waals surface area contributed by atoms with E-state index in [0.717, 1.165) is 31.4 Å². The molecule has 3 rings (SSSR count). The number of benzene rings is 1. The van der Waals surface area contributed by atoms with E-state index in [1.54, 1.807) is 4.68 Å². The van der Waals surface area contributed by atoms with Crippen LogP contribution in [0.25, 0.3) is 0 Å². The van der Waals surface area contributed by atoms with E-state index in [2.05, 4.69) is 36.3 Å². The average molecular weight is 425 g/mol. The summed E-state index contributed by atoms with van der Waals surface area (Å²) in [4.78, 5) is 2.15. The number of aromatic nitrogens is 4. The molecule has 9 heteroatoms. The number of anilines is 2. The number of halogens is 1. The summed E-state index contributed by atoms with van der Waals surface area (Å²) in [7, 11) is 3.95. The number of nitrogens with zero attached hydrogens (tertiary/aromatic N) is 5. The van der Waals surface area contributed by atoms with Gasteiger partial charge in [-0.15, -0.1) is 5.10 Å². The van der Waals surface area contributed by atoms with Gasteiger partial charge < -0.3 is 5.32 Å². The van der Waals surface area contributed by atoms with Crippen LogP contribution in [0.4, 0.5) is 10.8 Å². The lowest BCUT2D eigenvalue weighted by Gasteiger charge is -2.15.